The number of carboxylic acids is 1. The van der Waals surface area contributed by atoms with Gasteiger partial charge in [-0.05, 0) is 11.7 Å². The van der Waals surface area contributed by atoms with Gasteiger partial charge in [0.25, 0.3) is 0 Å². The summed E-state index contributed by atoms with van der Waals surface area (Å²) >= 11 is 1.74. The molecule has 0 aliphatic carbocycles. The fourth-order valence-corrected chi connectivity index (χ4v) is 1.78. The first-order valence-corrected chi connectivity index (χ1v) is 5.34. The van der Waals surface area contributed by atoms with Crippen LogP contribution in [0.25, 0.3) is 0 Å². The minimum atomic E-state index is -0.696. The number of thioether (sulfide) groups is 1. The van der Waals surface area contributed by atoms with Gasteiger partial charge < -0.3 is 5.11 Å². The summed E-state index contributed by atoms with van der Waals surface area (Å²) in [6, 6.07) is 0. The molecular formula is C9H18O2S. The Bertz CT molecular complexity index is 145. The quantitative estimate of drug-likeness (QED) is 0.723. The fourth-order valence-electron chi connectivity index (χ4n) is 0.689. The van der Waals surface area contributed by atoms with Crippen molar-refractivity contribution < 1.29 is 9.90 Å². The Morgan fingerprint density at radius 3 is 2.17 bits per heavy atom. The number of carboxylic acid groups (broad SMARTS) is 1. The highest BCUT2D eigenvalue weighted by molar-refractivity contribution is 7.99. The minimum Gasteiger partial charge on any atom is -0.481 e. The molecule has 0 fully saturated rings. The van der Waals surface area contributed by atoms with E-state index in [2.05, 4.69) is 13.8 Å². The van der Waals surface area contributed by atoms with Gasteiger partial charge in [-0.3, -0.25) is 4.79 Å². The van der Waals surface area contributed by atoms with E-state index in [4.69, 9.17) is 5.11 Å². The van der Waals surface area contributed by atoms with Gasteiger partial charge in [0.15, 0.2) is 0 Å². The van der Waals surface area contributed by atoms with Crippen LogP contribution in [0.2, 0.25) is 0 Å². The molecule has 0 spiro atoms. The van der Waals surface area contributed by atoms with E-state index in [0.29, 0.717) is 5.92 Å². The molecule has 3 heteroatoms. The summed E-state index contributed by atoms with van der Waals surface area (Å²) in [7, 11) is 0. The van der Waals surface area contributed by atoms with E-state index in [1.807, 2.05) is 6.92 Å². The summed E-state index contributed by atoms with van der Waals surface area (Å²) in [4.78, 5) is 10.6. The van der Waals surface area contributed by atoms with E-state index in [-0.39, 0.29) is 11.2 Å². The summed E-state index contributed by atoms with van der Waals surface area (Å²) in [6.07, 6.45) is 0. The van der Waals surface area contributed by atoms with Crippen LogP contribution in [0.5, 0.6) is 0 Å². The van der Waals surface area contributed by atoms with E-state index < -0.39 is 5.97 Å². The number of hydrogen-bond acceptors (Lipinski definition) is 2. The SMILES string of the molecule is CC(C)CSC(C)C(C)C(=O)O. The van der Waals surface area contributed by atoms with Crippen LogP contribution in [0.15, 0.2) is 0 Å². The van der Waals surface area contributed by atoms with E-state index in [0.717, 1.165) is 5.75 Å². The van der Waals surface area contributed by atoms with Crippen molar-refractivity contribution in [2.45, 2.75) is 32.9 Å². The van der Waals surface area contributed by atoms with E-state index in [1.54, 1.807) is 18.7 Å². The molecule has 2 unspecified atom stereocenters. The number of hydrogen-bond donors (Lipinski definition) is 1. The molecule has 0 aromatic rings. The molecular weight excluding hydrogens is 172 g/mol. The number of aliphatic carboxylic acids is 1. The molecule has 2 nitrogen and oxygen atoms in total. The maximum Gasteiger partial charge on any atom is 0.307 e. The highest BCUT2D eigenvalue weighted by Gasteiger charge is 2.19. The molecule has 0 aromatic heterocycles. The van der Waals surface area contributed by atoms with Gasteiger partial charge in [-0.2, -0.15) is 11.8 Å². The maximum atomic E-state index is 10.6. The second kappa shape index (κ2) is 5.46. The van der Waals surface area contributed by atoms with Crippen LogP contribution in [-0.4, -0.2) is 22.1 Å². The summed E-state index contributed by atoms with van der Waals surface area (Å²) in [6.45, 7) is 8.03. The first kappa shape index (κ1) is 11.8. The molecule has 0 saturated heterocycles. The Labute approximate surface area is 78.7 Å². The standard InChI is InChI=1S/C9H18O2S/c1-6(2)5-12-8(4)7(3)9(10)11/h6-8H,5H2,1-4H3,(H,10,11). The van der Waals surface area contributed by atoms with Gasteiger partial charge in [-0.1, -0.05) is 27.7 Å². The molecule has 2 atom stereocenters. The Balaban J connectivity index is 3.71. The zero-order chi connectivity index (χ0) is 9.72. The topological polar surface area (TPSA) is 37.3 Å². The van der Waals surface area contributed by atoms with Crippen LogP contribution in [0.4, 0.5) is 0 Å². The molecule has 0 bridgehead atoms. The zero-order valence-electron chi connectivity index (χ0n) is 8.20. The van der Waals surface area contributed by atoms with Gasteiger partial charge in [-0.25, -0.2) is 0 Å². The smallest absolute Gasteiger partial charge is 0.307 e. The van der Waals surface area contributed by atoms with Gasteiger partial charge in [-0.15, -0.1) is 0 Å². The van der Waals surface area contributed by atoms with Crippen LogP contribution in [-0.2, 0) is 4.79 Å². The molecule has 12 heavy (non-hydrogen) atoms. The Morgan fingerprint density at radius 1 is 1.33 bits per heavy atom. The average Bonchev–Trinajstić information content (AvgIpc) is 1.98. The summed E-state index contributed by atoms with van der Waals surface area (Å²) in [5, 5.41) is 8.92. The Morgan fingerprint density at radius 2 is 1.83 bits per heavy atom. The molecule has 72 valence electrons. The first-order valence-electron chi connectivity index (χ1n) is 4.29. The minimum absolute atomic E-state index is 0.213. The monoisotopic (exact) mass is 190 g/mol. The molecule has 0 saturated carbocycles. The zero-order valence-corrected chi connectivity index (χ0v) is 9.02. The summed E-state index contributed by atoms with van der Waals surface area (Å²) < 4.78 is 0. The first-order chi connectivity index (χ1) is 5.45. The lowest BCUT2D eigenvalue weighted by atomic mass is 10.1. The third-order valence-corrected chi connectivity index (χ3v) is 3.58. The highest BCUT2D eigenvalue weighted by atomic mass is 32.2. The molecule has 0 radical (unpaired) electrons. The molecule has 0 aliphatic rings. The van der Waals surface area contributed by atoms with Gasteiger partial charge in [0.1, 0.15) is 0 Å². The molecule has 0 aromatic carbocycles. The third-order valence-electron chi connectivity index (χ3n) is 1.79. The second-order valence-electron chi connectivity index (χ2n) is 3.56. The lowest BCUT2D eigenvalue weighted by molar-refractivity contribution is -0.140. The van der Waals surface area contributed by atoms with Crippen LogP contribution in [0.3, 0.4) is 0 Å². The number of carbonyl (C=O) groups is 1. The van der Waals surface area contributed by atoms with Crippen LogP contribution in [0.1, 0.15) is 27.7 Å². The fraction of sp³-hybridized carbons (Fsp3) is 0.889. The van der Waals surface area contributed by atoms with Crippen molar-refractivity contribution in [1.82, 2.24) is 0 Å². The predicted octanol–water partition coefficient (Wildman–Crippen LogP) is 2.48. The molecule has 0 heterocycles. The summed E-state index contributed by atoms with van der Waals surface area (Å²) in [5.74, 6) is 0.740. The molecule has 1 N–H and O–H groups in total. The largest absolute Gasteiger partial charge is 0.481 e. The lowest BCUT2D eigenvalue weighted by Gasteiger charge is -2.16. The predicted molar refractivity (Wildman–Crippen MR) is 53.6 cm³/mol. The van der Waals surface area contributed by atoms with E-state index in [9.17, 15) is 4.79 Å². The van der Waals surface area contributed by atoms with Crippen molar-refractivity contribution in [2.75, 3.05) is 5.75 Å². The third kappa shape index (κ3) is 4.65. The van der Waals surface area contributed by atoms with Crippen LogP contribution in [0, 0.1) is 11.8 Å². The van der Waals surface area contributed by atoms with Crippen LogP contribution >= 0.6 is 11.8 Å². The van der Waals surface area contributed by atoms with Crippen LogP contribution < -0.4 is 0 Å². The second-order valence-corrected chi connectivity index (χ2v) is 4.97. The molecule has 0 aliphatic heterocycles. The van der Waals surface area contributed by atoms with Gasteiger partial charge >= 0.3 is 5.97 Å². The lowest BCUT2D eigenvalue weighted by Crippen LogP contribution is -2.20. The van der Waals surface area contributed by atoms with E-state index in [1.165, 1.54) is 0 Å². The van der Waals surface area contributed by atoms with Crippen molar-refractivity contribution in [1.29, 1.82) is 0 Å². The van der Waals surface area contributed by atoms with Crippen molar-refractivity contribution in [3.63, 3.8) is 0 Å². The van der Waals surface area contributed by atoms with Crippen molar-refractivity contribution in [2.24, 2.45) is 11.8 Å². The van der Waals surface area contributed by atoms with Gasteiger partial charge in [0.2, 0.25) is 0 Å². The Hall–Kier alpha value is -0.180. The van der Waals surface area contributed by atoms with E-state index >= 15 is 0 Å². The van der Waals surface area contributed by atoms with Crippen molar-refractivity contribution in [3.8, 4) is 0 Å². The maximum absolute atomic E-state index is 10.6. The van der Waals surface area contributed by atoms with Crippen molar-refractivity contribution in [3.05, 3.63) is 0 Å². The Kier molecular flexibility index (Phi) is 5.38. The normalized spacial score (nSPS) is 16.1. The average molecular weight is 190 g/mol. The van der Waals surface area contributed by atoms with Gasteiger partial charge in [0.05, 0.1) is 5.92 Å². The molecule has 0 amide bonds. The summed E-state index contributed by atoms with van der Waals surface area (Å²) in [5.41, 5.74) is 0. The van der Waals surface area contributed by atoms with Gasteiger partial charge in [0, 0.05) is 5.25 Å². The molecule has 0 rings (SSSR count). The highest BCUT2D eigenvalue weighted by Crippen LogP contribution is 2.21. The van der Waals surface area contributed by atoms with Crippen molar-refractivity contribution >= 4 is 17.7 Å². The number of rotatable bonds is 5.